The Hall–Kier alpha value is -1.73. The summed E-state index contributed by atoms with van der Waals surface area (Å²) in [6, 6.07) is 0. The third-order valence-electron chi connectivity index (χ3n) is 5.74. The molecule has 0 N–H and O–H groups in total. The minimum atomic E-state index is -0.850. The fourth-order valence-electron chi connectivity index (χ4n) is 3.37. The molecule has 0 aromatic heterocycles. The molecule has 27 heavy (non-hydrogen) atoms. The first-order chi connectivity index (χ1) is 12.6. The van der Waals surface area contributed by atoms with Crippen LogP contribution < -0.4 is 0 Å². The second-order valence-corrected chi connectivity index (χ2v) is 7.51. The molecular formula is C20H33NO6. The number of esters is 2. The molecule has 0 aromatic rings. The maximum absolute atomic E-state index is 12.5. The van der Waals surface area contributed by atoms with Crippen LogP contribution in [0.2, 0.25) is 0 Å². The minimum Gasteiger partial charge on any atom is -0.460 e. The maximum atomic E-state index is 12.5. The molecule has 0 bridgehead atoms. The molecule has 0 spiro atoms. The predicted molar refractivity (Wildman–Crippen MR) is 101 cm³/mol. The Morgan fingerprint density at radius 1 is 1.26 bits per heavy atom. The molecule has 0 aromatic carbocycles. The lowest BCUT2D eigenvalue weighted by atomic mass is 9.70. The van der Waals surface area contributed by atoms with Crippen molar-refractivity contribution in [2.75, 3.05) is 13.2 Å². The Balaban J connectivity index is 2.81. The van der Waals surface area contributed by atoms with Crippen molar-refractivity contribution in [3.63, 3.8) is 0 Å². The van der Waals surface area contributed by atoms with Crippen LogP contribution in [0.1, 0.15) is 60.8 Å². The van der Waals surface area contributed by atoms with Crippen LogP contribution in [0.4, 0.5) is 0 Å². The monoisotopic (exact) mass is 383 g/mol. The van der Waals surface area contributed by atoms with Gasteiger partial charge in [-0.2, -0.15) is 5.06 Å². The van der Waals surface area contributed by atoms with Crippen molar-refractivity contribution in [1.29, 1.82) is 0 Å². The van der Waals surface area contributed by atoms with Gasteiger partial charge in [0, 0.05) is 18.4 Å². The van der Waals surface area contributed by atoms with Crippen molar-refractivity contribution in [2.45, 2.75) is 78.0 Å². The van der Waals surface area contributed by atoms with Gasteiger partial charge in [0.2, 0.25) is 0 Å². The fraction of sp³-hybridized carbons (Fsp3) is 0.750. The molecule has 1 heterocycles. The average Bonchev–Trinajstić information content (AvgIpc) is 2.66. The summed E-state index contributed by atoms with van der Waals surface area (Å²) in [5.41, 5.74) is -1.02. The molecule has 4 unspecified atom stereocenters. The topological polar surface area (TPSA) is 82.1 Å². The van der Waals surface area contributed by atoms with Gasteiger partial charge in [0.1, 0.15) is 19.0 Å². The summed E-state index contributed by atoms with van der Waals surface area (Å²) in [7, 11) is 0. The first kappa shape index (κ1) is 23.3. The van der Waals surface area contributed by atoms with Crippen molar-refractivity contribution in [1.82, 2.24) is 5.06 Å². The lowest BCUT2D eigenvalue weighted by molar-refractivity contribution is -0.311. The zero-order chi connectivity index (χ0) is 20.8. The molecule has 1 aliphatic rings. The number of rotatable bonds is 9. The van der Waals surface area contributed by atoms with Crippen molar-refractivity contribution >= 4 is 17.7 Å². The van der Waals surface area contributed by atoms with Crippen molar-refractivity contribution in [3.05, 3.63) is 12.7 Å². The van der Waals surface area contributed by atoms with Gasteiger partial charge in [0.05, 0.1) is 11.1 Å². The van der Waals surface area contributed by atoms with Crippen LogP contribution in [-0.2, 0) is 28.7 Å². The molecule has 7 nitrogen and oxygen atoms in total. The molecule has 0 saturated carbocycles. The molecule has 1 fully saturated rings. The molecule has 0 amide bonds. The van der Waals surface area contributed by atoms with Gasteiger partial charge in [-0.15, -0.1) is 0 Å². The van der Waals surface area contributed by atoms with Crippen LogP contribution in [0.25, 0.3) is 0 Å². The van der Waals surface area contributed by atoms with Crippen molar-refractivity contribution < 1.29 is 28.7 Å². The number of carbonyl (C=O) groups is 3. The van der Waals surface area contributed by atoms with Crippen LogP contribution in [0, 0.1) is 5.92 Å². The summed E-state index contributed by atoms with van der Waals surface area (Å²) in [4.78, 5) is 41.9. The van der Waals surface area contributed by atoms with Crippen LogP contribution in [0.5, 0.6) is 0 Å². The summed E-state index contributed by atoms with van der Waals surface area (Å²) >= 11 is 0. The lowest BCUT2D eigenvalue weighted by Crippen LogP contribution is -2.67. The van der Waals surface area contributed by atoms with Crippen LogP contribution in [0.3, 0.4) is 0 Å². The molecule has 4 atom stereocenters. The second-order valence-electron chi connectivity index (χ2n) is 7.51. The van der Waals surface area contributed by atoms with E-state index < -0.39 is 29.1 Å². The van der Waals surface area contributed by atoms with Crippen molar-refractivity contribution in [2.24, 2.45) is 5.92 Å². The summed E-state index contributed by atoms with van der Waals surface area (Å²) in [6.07, 6.45) is 1.98. The molecule has 0 radical (unpaired) electrons. The third kappa shape index (κ3) is 5.17. The Bertz CT molecular complexity index is 577. The number of hydrogen-bond acceptors (Lipinski definition) is 7. The molecular weight excluding hydrogens is 350 g/mol. The number of hydroxylamine groups is 2. The molecule has 1 aliphatic heterocycles. The van der Waals surface area contributed by atoms with E-state index in [1.165, 1.54) is 0 Å². The molecule has 1 saturated heterocycles. The zero-order valence-electron chi connectivity index (χ0n) is 17.4. The first-order valence-electron chi connectivity index (χ1n) is 9.51. The number of nitrogens with zero attached hydrogens (tertiary/aromatic N) is 1. The Kier molecular flexibility index (Phi) is 8.17. The largest absolute Gasteiger partial charge is 0.460 e. The van der Waals surface area contributed by atoms with E-state index in [-0.39, 0.29) is 24.9 Å². The predicted octanol–water partition coefficient (Wildman–Crippen LogP) is 2.83. The minimum absolute atomic E-state index is 0.0437. The highest BCUT2D eigenvalue weighted by Crippen LogP contribution is 2.44. The number of Topliss-reactive ketones (excluding diaryl/α,β-unsaturated/α-hetero) is 1. The van der Waals surface area contributed by atoms with E-state index in [1.54, 1.807) is 6.92 Å². The van der Waals surface area contributed by atoms with Gasteiger partial charge >= 0.3 is 11.9 Å². The van der Waals surface area contributed by atoms with Gasteiger partial charge in [-0.25, -0.2) is 9.59 Å². The maximum Gasteiger partial charge on any atom is 0.337 e. The van der Waals surface area contributed by atoms with Gasteiger partial charge in [-0.1, -0.05) is 27.4 Å². The number of piperidine rings is 1. The lowest BCUT2D eigenvalue weighted by Gasteiger charge is -2.56. The zero-order valence-corrected chi connectivity index (χ0v) is 17.4. The summed E-state index contributed by atoms with van der Waals surface area (Å²) < 4.78 is 9.90. The number of carbonyl (C=O) groups excluding carboxylic acids is 3. The summed E-state index contributed by atoms with van der Waals surface area (Å²) in [5.74, 6) is -1.11. The number of ketones is 1. The Morgan fingerprint density at radius 3 is 2.37 bits per heavy atom. The quantitative estimate of drug-likeness (QED) is 0.344. The standard InChI is InChI=1S/C20H33NO6/c1-8-17(23)25-11-12-26-18(24)15(5)27-21-19(6,9-2)13-16(22)14(4)20(21,7)10-3/h8,14-15H,1,9-13H2,2-7H3. The third-order valence-corrected chi connectivity index (χ3v) is 5.74. The normalized spacial score (nSPS) is 29.9. The van der Waals surface area contributed by atoms with E-state index in [0.29, 0.717) is 19.3 Å². The molecule has 1 rings (SSSR count). The Morgan fingerprint density at radius 2 is 1.85 bits per heavy atom. The summed E-state index contributed by atoms with van der Waals surface area (Å²) in [6.45, 7) is 14.7. The van der Waals surface area contributed by atoms with Crippen molar-refractivity contribution in [3.8, 4) is 0 Å². The first-order valence-corrected chi connectivity index (χ1v) is 9.51. The van der Waals surface area contributed by atoms with Gasteiger partial charge in [-0.05, 0) is 33.6 Å². The van der Waals surface area contributed by atoms with E-state index in [4.69, 9.17) is 14.3 Å². The van der Waals surface area contributed by atoms with Crippen LogP contribution in [-0.4, -0.2) is 53.2 Å². The highest BCUT2D eigenvalue weighted by atomic mass is 16.7. The average molecular weight is 383 g/mol. The van der Waals surface area contributed by atoms with Gasteiger partial charge in [0.25, 0.3) is 0 Å². The molecule has 7 heteroatoms. The van der Waals surface area contributed by atoms with Crippen LogP contribution >= 0.6 is 0 Å². The fourth-order valence-corrected chi connectivity index (χ4v) is 3.37. The molecule has 154 valence electrons. The van der Waals surface area contributed by atoms with E-state index in [0.717, 1.165) is 6.08 Å². The highest BCUT2D eigenvalue weighted by Gasteiger charge is 2.54. The summed E-state index contributed by atoms with van der Waals surface area (Å²) in [5, 5.41) is 1.84. The van der Waals surface area contributed by atoms with E-state index in [1.807, 2.05) is 39.7 Å². The van der Waals surface area contributed by atoms with Crippen LogP contribution in [0.15, 0.2) is 12.7 Å². The van der Waals surface area contributed by atoms with E-state index in [2.05, 4.69) is 6.58 Å². The highest BCUT2D eigenvalue weighted by molar-refractivity contribution is 5.84. The smallest absolute Gasteiger partial charge is 0.337 e. The Labute approximate surface area is 162 Å². The van der Waals surface area contributed by atoms with Gasteiger partial charge in [0.15, 0.2) is 6.10 Å². The van der Waals surface area contributed by atoms with Gasteiger partial charge in [-0.3, -0.25) is 9.63 Å². The van der Waals surface area contributed by atoms with Gasteiger partial charge < -0.3 is 9.47 Å². The number of hydrogen-bond donors (Lipinski definition) is 0. The number of ether oxygens (including phenoxy) is 2. The van der Waals surface area contributed by atoms with E-state index >= 15 is 0 Å². The second kappa shape index (κ2) is 9.46. The molecule has 0 aliphatic carbocycles. The SMILES string of the molecule is C=CC(=O)OCCOC(=O)C(C)ON1C(C)(CC)CC(=O)C(C)C1(C)CC. The van der Waals surface area contributed by atoms with E-state index in [9.17, 15) is 14.4 Å².